The van der Waals surface area contributed by atoms with Crippen LogP contribution >= 0.6 is 0 Å². The summed E-state index contributed by atoms with van der Waals surface area (Å²) in [5.41, 5.74) is 7.58. The minimum Gasteiger partial charge on any atom is -0.476 e. The standard InChI is InChI=1S/C15H16N4O2/c1-3-6-20-14-13(17)15(19-9-18-14)21-12-7-11(8-16)5-4-10(12)2/h4-5,7,9H,3,6,17H2,1-2H3. The van der Waals surface area contributed by atoms with Gasteiger partial charge in [-0.3, -0.25) is 0 Å². The van der Waals surface area contributed by atoms with Crippen LogP contribution in [0.4, 0.5) is 5.69 Å². The van der Waals surface area contributed by atoms with Gasteiger partial charge in [0.25, 0.3) is 0 Å². The van der Waals surface area contributed by atoms with Gasteiger partial charge in [-0.25, -0.2) is 0 Å². The Morgan fingerprint density at radius 3 is 2.76 bits per heavy atom. The van der Waals surface area contributed by atoms with Crippen molar-refractivity contribution >= 4 is 5.69 Å². The first kappa shape index (κ1) is 14.6. The predicted molar refractivity (Wildman–Crippen MR) is 78.2 cm³/mol. The van der Waals surface area contributed by atoms with Crippen LogP contribution in [0.5, 0.6) is 17.5 Å². The first-order chi connectivity index (χ1) is 10.2. The van der Waals surface area contributed by atoms with Crippen molar-refractivity contribution in [2.45, 2.75) is 20.3 Å². The Morgan fingerprint density at radius 1 is 1.29 bits per heavy atom. The van der Waals surface area contributed by atoms with E-state index in [1.54, 1.807) is 18.2 Å². The number of nitrogen functional groups attached to an aromatic ring is 1. The summed E-state index contributed by atoms with van der Waals surface area (Å²) >= 11 is 0. The lowest BCUT2D eigenvalue weighted by Crippen LogP contribution is -2.04. The van der Waals surface area contributed by atoms with E-state index in [4.69, 9.17) is 20.5 Å². The number of nitrogens with zero attached hydrogens (tertiary/aromatic N) is 3. The van der Waals surface area contributed by atoms with Crippen molar-refractivity contribution < 1.29 is 9.47 Å². The predicted octanol–water partition coefficient (Wildman–Crippen LogP) is 2.82. The maximum absolute atomic E-state index is 8.94. The number of ether oxygens (including phenoxy) is 2. The summed E-state index contributed by atoms with van der Waals surface area (Å²) in [7, 11) is 0. The van der Waals surface area contributed by atoms with Crippen molar-refractivity contribution in [2.75, 3.05) is 12.3 Å². The number of benzene rings is 1. The summed E-state index contributed by atoms with van der Waals surface area (Å²) in [5, 5.41) is 8.94. The van der Waals surface area contributed by atoms with Crippen molar-refractivity contribution in [3.8, 4) is 23.6 Å². The molecule has 0 aliphatic heterocycles. The largest absolute Gasteiger partial charge is 0.476 e. The van der Waals surface area contributed by atoms with E-state index >= 15 is 0 Å². The molecule has 0 radical (unpaired) electrons. The molecule has 1 heterocycles. The fraction of sp³-hybridized carbons (Fsp3) is 0.267. The first-order valence-electron chi connectivity index (χ1n) is 6.57. The van der Waals surface area contributed by atoms with E-state index in [9.17, 15) is 0 Å². The van der Waals surface area contributed by atoms with Gasteiger partial charge >= 0.3 is 0 Å². The molecule has 0 unspecified atom stereocenters. The van der Waals surface area contributed by atoms with Gasteiger partial charge in [0.15, 0.2) is 5.69 Å². The average Bonchev–Trinajstić information content (AvgIpc) is 2.50. The van der Waals surface area contributed by atoms with Crippen LogP contribution in [-0.4, -0.2) is 16.6 Å². The first-order valence-corrected chi connectivity index (χ1v) is 6.57. The van der Waals surface area contributed by atoms with Crippen LogP contribution in [0.2, 0.25) is 0 Å². The highest BCUT2D eigenvalue weighted by atomic mass is 16.5. The Bertz CT molecular complexity index is 680. The summed E-state index contributed by atoms with van der Waals surface area (Å²) in [6.45, 7) is 4.39. The second-order valence-corrected chi connectivity index (χ2v) is 4.44. The second-order valence-electron chi connectivity index (χ2n) is 4.44. The van der Waals surface area contributed by atoms with Crippen LogP contribution in [0.25, 0.3) is 0 Å². The van der Waals surface area contributed by atoms with E-state index in [0.29, 0.717) is 23.8 Å². The van der Waals surface area contributed by atoms with Gasteiger partial charge in [0.05, 0.1) is 18.2 Å². The Kier molecular flexibility index (Phi) is 4.57. The molecule has 2 aromatic rings. The molecule has 0 atom stereocenters. The van der Waals surface area contributed by atoms with Crippen LogP contribution in [0.3, 0.4) is 0 Å². The molecule has 0 saturated carbocycles. The van der Waals surface area contributed by atoms with E-state index in [1.165, 1.54) is 6.33 Å². The highest BCUT2D eigenvalue weighted by Crippen LogP contribution is 2.32. The zero-order chi connectivity index (χ0) is 15.2. The zero-order valence-electron chi connectivity index (χ0n) is 12.0. The Hall–Kier alpha value is -2.81. The highest BCUT2D eigenvalue weighted by molar-refractivity contribution is 5.57. The molecule has 1 aromatic carbocycles. The van der Waals surface area contributed by atoms with Crippen molar-refractivity contribution in [3.05, 3.63) is 35.7 Å². The molecule has 6 heteroatoms. The fourth-order valence-electron chi connectivity index (χ4n) is 1.64. The Morgan fingerprint density at radius 2 is 2.05 bits per heavy atom. The van der Waals surface area contributed by atoms with Crippen molar-refractivity contribution in [3.63, 3.8) is 0 Å². The third kappa shape index (κ3) is 3.39. The molecule has 0 bridgehead atoms. The average molecular weight is 284 g/mol. The van der Waals surface area contributed by atoms with Gasteiger partial charge in [-0.1, -0.05) is 13.0 Å². The van der Waals surface area contributed by atoms with Gasteiger partial charge in [-0.2, -0.15) is 15.2 Å². The van der Waals surface area contributed by atoms with Gasteiger partial charge < -0.3 is 15.2 Å². The molecule has 0 spiro atoms. The number of aryl methyl sites for hydroxylation is 1. The molecule has 2 rings (SSSR count). The number of hydrogen-bond donors (Lipinski definition) is 1. The maximum atomic E-state index is 8.94. The van der Waals surface area contributed by atoms with Gasteiger partial charge in [0, 0.05) is 0 Å². The highest BCUT2D eigenvalue weighted by Gasteiger charge is 2.12. The third-order valence-electron chi connectivity index (χ3n) is 2.78. The smallest absolute Gasteiger partial charge is 0.249 e. The number of nitrogens with two attached hydrogens (primary N) is 1. The van der Waals surface area contributed by atoms with E-state index in [2.05, 4.69) is 16.0 Å². The van der Waals surface area contributed by atoms with E-state index < -0.39 is 0 Å². The van der Waals surface area contributed by atoms with Crippen molar-refractivity contribution in [1.82, 2.24) is 9.97 Å². The zero-order valence-corrected chi connectivity index (χ0v) is 12.0. The maximum Gasteiger partial charge on any atom is 0.249 e. The minimum absolute atomic E-state index is 0.217. The molecular weight excluding hydrogens is 268 g/mol. The number of aromatic nitrogens is 2. The minimum atomic E-state index is 0.217. The van der Waals surface area contributed by atoms with Crippen LogP contribution in [0.1, 0.15) is 24.5 Å². The number of nitriles is 1. The molecule has 6 nitrogen and oxygen atoms in total. The topological polar surface area (TPSA) is 94.0 Å². The number of anilines is 1. The molecule has 0 aliphatic rings. The quantitative estimate of drug-likeness (QED) is 0.907. The second kappa shape index (κ2) is 6.57. The van der Waals surface area contributed by atoms with Gasteiger partial charge in [-0.15, -0.1) is 0 Å². The van der Waals surface area contributed by atoms with E-state index in [-0.39, 0.29) is 11.6 Å². The van der Waals surface area contributed by atoms with E-state index in [1.807, 2.05) is 13.8 Å². The molecular formula is C15H16N4O2. The lowest BCUT2D eigenvalue weighted by molar-refractivity contribution is 0.304. The molecule has 1 aromatic heterocycles. The number of hydrogen-bond acceptors (Lipinski definition) is 6. The van der Waals surface area contributed by atoms with Gasteiger partial charge in [0.2, 0.25) is 11.8 Å². The third-order valence-corrected chi connectivity index (χ3v) is 2.78. The van der Waals surface area contributed by atoms with Gasteiger partial charge in [-0.05, 0) is 31.0 Å². The molecule has 0 fully saturated rings. The van der Waals surface area contributed by atoms with Crippen LogP contribution in [0, 0.1) is 18.3 Å². The summed E-state index contributed by atoms with van der Waals surface area (Å²) in [6.07, 6.45) is 2.18. The molecule has 108 valence electrons. The SMILES string of the molecule is CCCOc1ncnc(Oc2cc(C#N)ccc2C)c1N. The summed E-state index contributed by atoms with van der Waals surface area (Å²) in [4.78, 5) is 8.00. The van der Waals surface area contributed by atoms with E-state index in [0.717, 1.165) is 12.0 Å². The molecule has 0 aliphatic carbocycles. The molecule has 21 heavy (non-hydrogen) atoms. The lowest BCUT2D eigenvalue weighted by Gasteiger charge is -2.12. The Balaban J connectivity index is 2.30. The number of rotatable bonds is 5. The molecule has 0 amide bonds. The fourth-order valence-corrected chi connectivity index (χ4v) is 1.64. The van der Waals surface area contributed by atoms with Crippen LogP contribution in [-0.2, 0) is 0 Å². The monoisotopic (exact) mass is 284 g/mol. The van der Waals surface area contributed by atoms with Gasteiger partial charge in [0.1, 0.15) is 12.1 Å². The van der Waals surface area contributed by atoms with Crippen molar-refractivity contribution in [2.24, 2.45) is 0 Å². The summed E-state index contributed by atoms with van der Waals surface area (Å²) < 4.78 is 11.1. The molecule has 0 saturated heterocycles. The lowest BCUT2D eigenvalue weighted by atomic mass is 10.1. The van der Waals surface area contributed by atoms with Crippen LogP contribution < -0.4 is 15.2 Å². The molecule has 2 N–H and O–H groups in total. The van der Waals surface area contributed by atoms with Crippen LogP contribution in [0.15, 0.2) is 24.5 Å². The summed E-state index contributed by atoms with van der Waals surface area (Å²) in [6, 6.07) is 7.24. The Labute approximate surface area is 123 Å². The van der Waals surface area contributed by atoms with Crippen molar-refractivity contribution in [1.29, 1.82) is 5.26 Å². The normalized spacial score (nSPS) is 9.95. The summed E-state index contributed by atoms with van der Waals surface area (Å²) in [5.74, 6) is 1.05.